The SMILES string of the molecule is CCNC(=NCC(C)c1ccc(F)cc1F)NCCc1cccc(C(=O)NC)c1.I. The number of carbonyl (C=O) groups excluding carboxylic acids is 1. The predicted molar refractivity (Wildman–Crippen MR) is 128 cm³/mol. The Morgan fingerprint density at radius 1 is 1.13 bits per heavy atom. The number of hydrogen-bond acceptors (Lipinski definition) is 2. The molecule has 3 N–H and O–H groups in total. The molecule has 0 heterocycles. The first-order valence-corrected chi connectivity index (χ1v) is 9.72. The van der Waals surface area contributed by atoms with Crippen molar-refractivity contribution < 1.29 is 13.6 Å². The Morgan fingerprint density at radius 2 is 1.90 bits per heavy atom. The Hall–Kier alpha value is -2.23. The van der Waals surface area contributed by atoms with Gasteiger partial charge in [0.15, 0.2) is 5.96 Å². The summed E-state index contributed by atoms with van der Waals surface area (Å²) < 4.78 is 27.0. The number of halogens is 3. The van der Waals surface area contributed by atoms with E-state index in [1.165, 1.54) is 12.1 Å². The van der Waals surface area contributed by atoms with Crippen molar-refractivity contribution in [1.82, 2.24) is 16.0 Å². The van der Waals surface area contributed by atoms with Crippen molar-refractivity contribution in [3.05, 3.63) is 70.8 Å². The number of aliphatic imine (C=N–C) groups is 1. The maximum Gasteiger partial charge on any atom is 0.251 e. The molecule has 0 aliphatic carbocycles. The Balaban J connectivity index is 0.00000450. The Bertz CT molecular complexity index is 861. The number of guanidine groups is 1. The van der Waals surface area contributed by atoms with E-state index in [0.29, 0.717) is 36.7 Å². The molecule has 0 bridgehead atoms. The molecule has 0 spiro atoms. The van der Waals surface area contributed by atoms with E-state index in [1.807, 2.05) is 32.0 Å². The lowest BCUT2D eigenvalue weighted by Gasteiger charge is -2.14. The highest BCUT2D eigenvalue weighted by atomic mass is 127. The molecule has 0 fully saturated rings. The maximum atomic E-state index is 13.9. The van der Waals surface area contributed by atoms with Gasteiger partial charge in [-0.25, -0.2) is 8.78 Å². The summed E-state index contributed by atoms with van der Waals surface area (Å²) in [5.74, 6) is -0.810. The third-order valence-electron chi connectivity index (χ3n) is 4.48. The summed E-state index contributed by atoms with van der Waals surface area (Å²) in [7, 11) is 1.61. The summed E-state index contributed by atoms with van der Waals surface area (Å²) in [6.07, 6.45) is 0.720. The number of benzene rings is 2. The molecule has 0 radical (unpaired) electrons. The molecule has 0 aliphatic heterocycles. The molecule has 1 amide bonds. The molecule has 1 atom stereocenters. The molecule has 1 unspecified atom stereocenters. The van der Waals surface area contributed by atoms with Crippen LogP contribution in [0.5, 0.6) is 0 Å². The Labute approximate surface area is 193 Å². The second kappa shape index (κ2) is 13.1. The highest BCUT2D eigenvalue weighted by molar-refractivity contribution is 14.0. The Kier molecular flexibility index (Phi) is 11.3. The quantitative estimate of drug-likeness (QED) is 0.276. The van der Waals surface area contributed by atoms with E-state index < -0.39 is 11.6 Å². The van der Waals surface area contributed by atoms with Crippen molar-refractivity contribution in [3.8, 4) is 0 Å². The van der Waals surface area contributed by atoms with Crippen molar-refractivity contribution in [3.63, 3.8) is 0 Å². The predicted octanol–water partition coefficient (Wildman–Crippen LogP) is 3.84. The van der Waals surface area contributed by atoms with Crippen LogP contribution in [0.25, 0.3) is 0 Å². The third kappa shape index (κ3) is 7.89. The van der Waals surface area contributed by atoms with Gasteiger partial charge in [0.05, 0.1) is 0 Å². The molecule has 0 saturated heterocycles. The minimum absolute atomic E-state index is 0. The van der Waals surface area contributed by atoms with Gasteiger partial charge in [-0.05, 0) is 42.7 Å². The standard InChI is InChI=1S/C22H28F2N4O.HI/c1-4-26-22(28-14-15(2)19-9-8-18(23)13-20(19)24)27-11-10-16-6-5-7-17(12-16)21(29)25-3;/h5-9,12-13,15H,4,10-11,14H2,1-3H3,(H,25,29)(H2,26,27,28);1H. The van der Waals surface area contributed by atoms with Gasteiger partial charge in [-0.3, -0.25) is 9.79 Å². The first kappa shape index (κ1) is 25.8. The van der Waals surface area contributed by atoms with Crippen molar-refractivity contribution in [2.24, 2.45) is 4.99 Å². The molecule has 5 nitrogen and oxygen atoms in total. The lowest BCUT2D eigenvalue weighted by Crippen LogP contribution is -2.38. The summed E-state index contributed by atoms with van der Waals surface area (Å²) in [5, 5.41) is 9.02. The third-order valence-corrected chi connectivity index (χ3v) is 4.48. The van der Waals surface area contributed by atoms with Gasteiger partial charge in [0, 0.05) is 44.2 Å². The number of nitrogens with one attached hydrogen (secondary N) is 3. The minimum atomic E-state index is -0.586. The first-order chi connectivity index (χ1) is 13.9. The number of hydrogen-bond donors (Lipinski definition) is 3. The van der Waals surface area contributed by atoms with Crippen LogP contribution in [0.15, 0.2) is 47.5 Å². The van der Waals surface area contributed by atoms with Crippen LogP contribution < -0.4 is 16.0 Å². The molecule has 8 heteroatoms. The fourth-order valence-electron chi connectivity index (χ4n) is 2.91. The van der Waals surface area contributed by atoms with Gasteiger partial charge >= 0.3 is 0 Å². The number of carbonyl (C=O) groups is 1. The second-order valence-corrected chi connectivity index (χ2v) is 6.74. The molecule has 0 saturated carbocycles. The van der Waals surface area contributed by atoms with Crippen LogP contribution >= 0.6 is 24.0 Å². The highest BCUT2D eigenvalue weighted by Gasteiger charge is 2.12. The fourth-order valence-corrected chi connectivity index (χ4v) is 2.91. The van der Waals surface area contributed by atoms with E-state index >= 15 is 0 Å². The van der Waals surface area contributed by atoms with Crippen LogP contribution in [0, 0.1) is 11.6 Å². The molecule has 2 rings (SSSR count). The van der Waals surface area contributed by atoms with Crippen molar-refractivity contribution in [2.45, 2.75) is 26.2 Å². The molecule has 0 aromatic heterocycles. The maximum absolute atomic E-state index is 13.9. The molecule has 2 aromatic carbocycles. The van der Waals surface area contributed by atoms with Gasteiger partial charge in [-0.2, -0.15) is 0 Å². The van der Waals surface area contributed by atoms with Crippen LogP contribution in [0.2, 0.25) is 0 Å². The summed E-state index contributed by atoms with van der Waals surface area (Å²) >= 11 is 0. The van der Waals surface area contributed by atoms with E-state index in [-0.39, 0.29) is 35.8 Å². The van der Waals surface area contributed by atoms with Crippen LogP contribution in [-0.2, 0) is 6.42 Å². The van der Waals surface area contributed by atoms with Crippen molar-refractivity contribution >= 4 is 35.8 Å². The zero-order valence-electron chi connectivity index (χ0n) is 17.5. The number of rotatable bonds is 8. The van der Waals surface area contributed by atoms with E-state index in [2.05, 4.69) is 20.9 Å². The zero-order chi connectivity index (χ0) is 21.2. The first-order valence-electron chi connectivity index (χ1n) is 9.72. The van der Waals surface area contributed by atoms with E-state index in [4.69, 9.17) is 0 Å². The average molecular weight is 530 g/mol. The van der Waals surface area contributed by atoms with Gasteiger partial charge in [0.25, 0.3) is 5.91 Å². The van der Waals surface area contributed by atoms with Gasteiger partial charge in [0.1, 0.15) is 11.6 Å². The van der Waals surface area contributed by atoms with Crippen LogP contribution in [0.4, 0.5) is 8.78 Å². The minimum Gasteiger partial charge on any atom is -0.357 e. The smallest absolute Gasteiger partial charge is 0.251 e. The van der Waals surface area contributed by atoms with Gasteiger partial charge in [-0.1, -0.05) is 25.1 Å². The molecule has 30 heavy (non-hydrogen) atoms. The Morgan fingerprint density at radius 3 is 2.57 bits per heavy atom. The van der Waals surface area contributed by atoms with E-state index in [0.717, 1.165) is 18.1 Å². The number of nitrogens with zero attached hydrogens (tertiary/aromatic N) is 1. The van der Waals surface area contributed by atoms with Crippen LogP contribution in [0.1, 0.15) is 41.3 Å². The lowest BCUT2D eigenvalue weighted by molar-refractivity contribution is 0.0963. The molecule has 164 valence electrons. The molecular weight excluding hydrogens is 501 g/mol. The normalized spacial score (nSPS) is 12.0. The lowest BCUT2D eigenvalue weighted by atomic mass is 10.0. The molecule has 0 aliphatic rings. The number of amides is 1. The van der Waals surface area contributed by atoms with Crippen molar-refractivity contribution in [1.29, 1.82) is 0 Å². The second-order valence-electron chi connectivity index (χ2n) is 6.74. The largest absolute Gasteiger partial charge is 0.357 e. The van der Waals surface area contributed by atoms with Gasteiger partial charge in [-0.15, -0.1) is 24.0 Å². The van der Waals surface area contributed by atoms with Gasteiger partial charge in [0.2, 0.25) is 0 Å². The molecular formula is C22H29F2IN4O. The summed E-state index contributed by atoms with van der Waals surface area (Å²) in [5.41, 5.74) is 2.11. The summed E-state index contributed by atoms with van der Waals surface area (Å²) in [6, 6.07) is 11.1. The van der Waals surface area contributed by atoms with Crippen LogP contribution in [0.3, 0.4) is 0 Å². The van der Waals surface area contributed by atoms with E-state index in [1.54, 1.807) is 13.1 Å². The average Bonchev–Trinajstić information content (AvgIpc) is 2.71. The zero-order valence-corrected chi connectivity index (χ0v) is 19.8. The monoisotopic (exact) mass is 530 g/mol. The summed E-state index contributed by atoms with van der Waals surface area (Å²) in [6.45, 7) is 5.50. The fraction of sp³-hybridized carbons (Fsp3) is 0.364. The summed E-state index contributed by atoms with van der Waals surface area (Å²) in [4.78, 5) is 16.3. The van der Waals surface area contributed by atoms with Gasteiger partial charge < -0.3 is 16.0 Å². The van der Waals surface area contributed by atoms with Crippen LogP contribution in [-0.4, -0.2) is 38.5 Å². The topological polar surface area (TPSA) is 65.5 Å². The van der Waals surface area contributed by atoms with Crippen molar-refractivity contribution in [2.75, 3.05) is 26.7 Å². The molecule has 2 aromatic rings. The van der Waals surface area contributed by atoms with E-state index in [9.17, 15) is 13.6 Å². The highest BCUT2D eigenvalue weighted by Crippen LogP contribution is 2.20.